The van der Waals surface area contributed by atoms with Gasteiger partial charge in [-0.05, 0) is 0 Å². The normalized spacial score (nSPS) is 8.11. The minimum atomic E-state index is 0. The van der Waals surface area contributed by atoms with Gasteiger partial charge in [0.05, 0.1) is 0 Å². The van der Waals surface area contributed by atoms with Crippen LogP contribution in [0.4, 0.5) is 0 Å². The third-order valence-corrected chi connectivity index (χ3v) is 1.72. The molecule has 0 amide bonds. The fourth-order valence-electron chi connectivity index (χ4n) is 0.581. The van der Waals surface area contributed by atoms with Crippen LogP contribution in [0.5, 0.6) is 0 Å². The van der Waals surface area contributed by atoms with E-state index < -0.39 is 0 Å². The van der Waals surface area contributed by atoms with Crippen LogP contribution in [0.15, 0.2) is 36.2 Å². The van der Waals surface area contributed by atoms with Gasteiger partial charge in [0.1, 0.15) is 0 Å². The first kappa shape index (κ1) is 42.7. The summed E-state index contributed by atoms with van der Waals surface area (Å²) in [6.45, 7) is 4.42. The number of halogens is 2. The van der Waals surface area contributed by atoms with E-state index in [0.29, 0.717) is 0 Å². The van der Waals surface area contributed by atoms with Crippen molar-refractivity contribution in [2.75, 3.05) is 0 Å². The molecule has 2 rings (SSSR count). The third kappa shape index (κ3) is 45.4. The molecule has 0 aliphatic heterocycles. The van der Waals surface area contributed by atoms with Crippen LogP contribution in [0.1, 0.15) is 6.42 Å². The molecule has 5 heteroatoms. The summed E-state index contributed by atoms with van der Waals surface area (Å²) in [6.07, 6.45) is 10.0. The molecule has 0 nitrogen and oxygen atoms in total. The molecule has 1 heterocycles. The third-order valence-electron chi connectivity index (χ3n) is 1.03. The summed E-state index contributed by atoms with van der Waals surface area (Å²) in [5, 5.41) is 0. The Hall–Kier alpha value is 0.940. The Bertz CT molecular complexity index is 200. The van der Waals surface area contributed by atoms with Crippen LogP contribution in [0, 0.1) is 34.2 Å². The van der Waals surface area contributed by atoms with E-state index in [1.807, 2.05) is 24.3 Å². The van der Waals surface area contributed by atoms with E-state index in [9.17, 15) is 0 Å². The van der Waals surface area contributed by atoms with Crippen molar-refractivity contribution >= 4 is 42.5 Å². The Morgan fingerprint density at radius 1 is 1.11 bits per heavy atom. The van der Waals surface area contributed by atoms with Gasteiger partial charge in [0, 0.05) is 35.7 Å². The number of rotatable bonds is 0. The zero-order valence-electron chi connectivity index (χ0n) is 12.6. The Labute approximate surface area is 157 Å². The maximum absolute atomic E-state index is 3.01. The smallest absolute Gasteiger partial charge is 0.0213 e. The summed E-state index contributed by atoms with van der Waals surface area (Å²) in [5.74, 6) is 5.11. The molecule has 0 aromatic carbocycles. The fourth-order valence-corrected chi connectivity index (χ4v) is 1.06. The molecule has 1 aromatic heterocycles. The molecule has 1 aliphatic rings. The molecule has 1 unspecified atom stereocenters. The fraction of sp³-hybridized carbons (Fsp3) is 0.214. The van der Waals surface area contributed by atoms with E-state index in [4.69, 9.17) is 0 Å². The molecule has 0 saturated carbocycles. The van der Waals surface area contributed by atoms with Crippen molar-refractivity contribution in [2.24, 2.45) is 0 Å². The van der Waals surface area contributed by atoms with Crippen LogP contribution in [0.3, 0.4) is 0 Å². The molecule has 115 valence electrons. The van der Waals surface area contributed by atoms with Gasteiger partial charge in [0.25, 0.3) is 0 Å². The van der Waals surface area contributed by atoms with Gasteiger partial charge < -0.3 is 22.3 Å². The van der Waals surface area contributed by atoms with Crippen molar-refractivity contribution in [2.45, 2.75) is 19.5 Å². The number of hydrogen-bond donors (Lipinski definition) is 0. The average Bonchev–Trinajstić information content (AvgIpc) is 2.85. The molecule has 0 spiro atoms. The van der Waals surface area contributed by atoms with Gasteiger partial charge in [0.15, 0.2) is 0 Å². The van der Waals surface area contributed by atoms with E-state index in [-0.39, 0.29) is 73.3 Å². The van der Waals surface area contributed by atoms with Gasteiger partial charge in [-0.15, -0.1) is 31.2 Å². The van der Waals surface area contributed by atoms with Crippen molar-refractivity contribution in [1.82, 2.24) is 0 Å². The van der Waals surface area contributed by atoms with Crippen LogP contribution in [0.25, 0.3) is 0 Å². The molecule has 1 aromatic rings. The Kier molecular flexibility index (Phi) is 96.1. The molecule has 1 aliphatic carbocycles. The minimum Gasteiger partial charge on any atom is -0.358 e. The Morgan fingerprint density at radius 2 is 1.63 bits per heavy atom. The molecule has 0 fully saturated rings. The van der Waals surface area contributed by atoms with E-state index in [0.717, 1.165) is 24.1 Å². The van der Waals surface area contributed by atoms with Crippen LogP contribution in [-0.2, 0) is 26.2 Å². The van der Waals surface area contributed by atoms with Crippen LogP contribution >= 0.6 is 33.0 Å². The van der Waals surface area contributed by atoms with Crippen LogP contribution in [-0.4, -0.2) is 9.52 Å². The van der Waals surface area contributed by atoms with Crippen molar-refractivity contribution < 1.29 is 26.2 Å². The second-order valence-corrected chi connectivity index (χ2v) is 4.46. The predicted molar refractivity (Wildman–Crippen MR) is 99.0 cm³/mol. The SMILES string of the molecule is C[SiH]C.Cl.Cl.[C-]1=CC=CC1.[CH3-].[CH3-].[CH3-].[Zr].[c-]1ccc[pH]1. The number of hydrogen-bond acceptors (Lipinski definition) is 0. The molecular weight excluding hydrogens is 389 g/mol. The molecule has 0 N–H and O–H groups in total. The van der Waals surface area contributed by atoms with Gasteiger partial charge in [-0.1, -0.05) is 13.1 Å². The number of allylic oxidation sites excluding steroid dienone is 4. The molecular formula is C14H27Cl2PSiZr-5. The molecule has 19 heavy (non-hydrogen) atoms. The van der Waals surface area contributed by atoms with Crippen molar-refractivity contribution in [3.63, 3.8) is 0 Å². The second-order valence-electron chi connectivity index (χ2n) is 2.39. The predicted octanol–water partition coefficient (Wildman–Crippen LogP) is 5.53. The van der Waals surface area contributed by atoms with Gasteiger partial charge in [-0.25, -0.2) is 18.2 Å². The molecule has 0 saturated heterocycles. The Morgan fingerprint density at radius 3 is 1.74 bits per heavy atom. The molecule has 1 radical (unpaired) electrons. The van der Waals surface area contributed by atoms with Crippen LogP contribution in [0.2, 0.25) is 13.1 Å². The zero-order valence-corrected chi connectivity index (χ0v) is 18.8. The molecule has 1 atom stereocenters. The standard InChI is InChI=1S/C5H5.C4H4P.C2H7Si.3CH3.2ClH.Zr/c2*1-2-4-5-3-1;1-3-2;;;;;;/h1-3H,4H2;1-3,5H;3H,1-2H3;3*1H3;2*1H;/q2*-1;;3*-1;;;. The average molecular weight is 417 g/mol. The first-order valence-corrected chi connectivity index (χ1v) is 7.75. The van der Waals surface area contributed by atoms with E-state index in [1.54, 1.807) is 0 Å². The summed E-state index contributed by atoms with van der Waals surface area (Å²) in [5.41, 5.74) is 0. The monoisotopic (exact) mass is 414 g/mol. The van der Waals surface area contributed by atoms with Gasteiger partial charge >= 0.3 is 0 Å². The zero-order chi connectivity index (χ0) is 9.78. The summed E-state index contributed by atoms with van der Waals surface area (Å²) in [4.78, 5) is 0. The van der Waals surface area contributed by atoms with E-state index >= 15 is 0 Å². The summed E-state index contributed by atoms with van der Waals surface area (Å²) in [7, 11) is 1.57. The summed E-state index contributed by atoms with van der Waals surface area (Å²) < 4.78 is 0. The summed E-state index contributed by atoms with van der Waals surface area (Å²) >= 11 is 0. The van der Waals surface area contributed by atoms with Gasteiger partial charge in [-0.2, -0.15) is 23.7 Å². The maximum Gasteiger partial charge on any atom is 0.0213 e. The van der Waals surface area contributed by atoms with Crippen molar-refractivity contribution in [3.8, 4) is 0 Å². The maximum atomic E-state index is 3.01. The second kappa shape index (κ2) is 42.8. The first-order chi connectivity index (χ1) is 6.41. The van der Waals surface area contributed by atoms with Gasteiger partial charge in [-0.3, -0.25) is 14.3 Å². The summed E-state index contributed by atoms with van der Waals surface area (Å²) in [6, 6.07) is 3.96. The Balaban J connectivity index is -0.0000000201. The van der Waals surface area contributed by atoms with E-state index in [1.165, 1.54) is 0 Å². The quantitative estimate of drug-likeness (QED) is 0.385. The van der Waals surface area contributed by atoms with Crippen molar-refractivity contribution in [1.29, 1.82) is 0 Å². The van der Waals surface area contributed by atoms with Crippen molar-refractivity contribution in [3.05, 3.63) is 70.3 Å². The largest absolute Gasteiger partial charge is 0.358 e. The topological polar surface area (TPSA) is 0 Å². The van der Waals surface area contributed by atoms with Gasteiger partial charge in [0.2, 0.25) is 0 Å². The van der Waals surface area contributed by atoms with E-state index in [2.05, 4.69) is 36.8 Å². The minimum absolute atomic E-state index is 0. The first-order valence-electron chi connectivity index (χ1n) is 4.37. The van der Waals surface area contributed by atoms with Crippen LogP contribution < -0.4 is 0 Å². The molecule has 0 bridgehead atoms.